The summed E-state index contributed by atoms with van der Waals surface area (Å²) >= 11 is 0. The molecule has 90 valence electrons. The first-order valence-corrected chi connectivity index (χ1v) is 5.15. The number of hydrogen-bond acceptors (Lipinski definition) is 2. The van der Waals surface area contributed by atoms with E-state index in [1.165, 1.54) is 12.1 Å². The first-order chi connectivity index (χ1) is 7.28. The maximum absolute atomic E-state index is 13.6. The lowest BCUT2D eigenvalue weighted by atomic mass is 9.88. The van der Waals surface area contributed by atoms with Gasteiger partial charge in [-0.05, 0) is 34.0 Å². The minimum atomic E-state index is -0.859. The summed E-state index contributed by atoms with van der Waals surface area (Å²) in [4.78, 5) is 1.89. The number of halogens is 2. The molecular formula is C12H18F2N2. The summed E-state index contributed by atoms with van der Waals surface area (Å²) in [6, 6.07) is 3.50. The monoisotopic (exact) mass is 228 g/mol. The maximum Gasteiger partial charge on any atom is 0.163 e. The highest BCUT2D eigenvalue weighted by atomic mass is 19.2. The van der Waals surface area contributed by atoms with E-state index in [4.69, 9.17) is 5.73 Å². The van der Waals surface area contributed by atoms with E-state index in [2.05, 4.69) is 0 Å². The van der Waals surface area contributed by atoms with Crippen LogP contribution >= 0.6 is 0 Å². The minimum absolute atomic E-state index is 0.207. The average molecular weight is 228 g/mol. The first-order valence-electron chi connectivity index (χ1n) is 5.15. The van der Waals surface area contributed by atoms with Gasteiger partial charge in [-0.15, -0.1) is 0 Å². The summed E-state index contributed by atoms with van der Waals surface area (Å²) in [5, 5.41) is 0. The van der Waals surface area contributed by atoms with Crippen molar-refractivity contribution in [3.05, 3.63) is 35.4 Å². The van der Waals surface area contributed by atoms with Gasteiger partial charge in [0.25, 0.3) is 0 Å². The molecule has 1 atom stereocenters. The summed E-state index contributed by atoms with van der Waals surface area (Å²) in [6.07, 6.45) is 0. The molecule has 2 nitrogen and oxygen atoms in total. The first kappa shape index (κ1) is 13.1. The Morgan fingerprint density at radius 1 is 1.25 bits per heavy atom. The average Bonchev–Trinajstić information content (AvgIpc) is 2.21. The van der Waals surface area contributed by atoms with E-state index in [9.17, 15) is 8.78 Å². The van der Waals surface area contributed by atoms with Crippen LogP contribution in [0.15, 0.2) is 18.2 Å². The predicted molar refractivity (Wildman–Crippen MR) is 61.1 cm³/mol. The van der Waals surface area contributed by atoms with Crippen LogP contribution in [0.5, 0.6) is 0 Å². The zero-order chi connectivity index (χ0) is 12.5. The van der Waals surface area contributed by atoms with E-state index in [1.54, 1.807) is 0 Å². The summed E-state index contributed by atoms with van der Waals surface area (Å²) < 4.78 is 26.7. The largest absolute Gasteiger partial charge is 0.322 e. The molecule has 0 saturated carbocycles. The zero-order valence-corrected chi connectivity index (χ0v) is 10.1. The number of nitrogens with zero attached hydrogens (tertiary/aromatic N) is 1. The van der Waals surface area contributed by atoms with Gasteiger partial charge in [0.05, 0.1) is 6.04 Å². The van der Waals surface area contributed by atoms with Crippen molar-refractivity contribution in [2.75, 3.05) is 14.1 Å². The molecule has 2 N–H and O–H groups in total. The van der Waals surface area contributed by atoms with Gasteiger partial charge in [0.15, 0.2) is 11.6 Å². The molecule has 0 saturated heterocycles. The lowest BCUT2D eigenvalue weighted by Gasteiger charge is -2.38. The van der Waals surface area contributed by atoms with Gasteiger partial charge in [0.1, 0.15) is 0 Å². The van der Waals surface area contributed by atoms with Gasteiger partial charge in [-0.2, -0.15) is 0 Å². The van der Waals surface area contributed by atoms with E-state index >= 15 is 0 Å². The second kappa shape index (κ2) is 4.47. The number of rotatable bonds is 3. The minimum Gasteiger partial charge on any atom is -0.322 e. The summed E-state index contributed by atoms with van der Waals surface area (Å²) in [7, 11) is 3.72. The number of hydrogen-bond donors (Lipinski definition) is 1. The fourth-order valence-electron chi connectivity index (χ4n) is 1.42. The molecule has 0 heterocycles. The summed E-state index contributed by atoms with van der Waals surface area (Å²) in [5.74, 6) is -1.72. The molecule has 1 unspecified atom stereocenters. The van der Waals surface area contributed by atoms with E-state index in [0.29, 0.717) is 0 Å². The molecule has 0 aliphatic heterocycles. The van der Waals surface area contributed by atoms with Crippen molar-refractivity contribution < 1.29 is 8.78 Å². The Labute approximate surface area is 95.1 Å². The van der Waals surface area contributed by atoms with Crippen molar-refractivity contribution in [2.24, 2.45) is 5.73 Å². The Morgan fingerprint density at radius 3 is 2.31 bits per heavy atom. The van der Waals surface area contributed by atoms with Crippen LogP contribution in [0.1, 0.15) is 25.5 Å². The van der Waals surface area contributed by atoms with Crippen molar-refractivity contribution in [3.8, 4) is 0 Å². The quantitative estimate of drug-likeness (QED) is 0.860. The molecule has 0 aliphatic carbocycles. The van der Waals surface area contributed by atoms with Gasteiger partial charge < -0.3 is 10.6 Å². The third-order valence-corrected chi connectivity index (χ3v) is 3.23. The van der Waals surface area contributed by atoms with Crippen LogP contribution in [-0.2, 0) is 0 Å². The van der Waals surface area contributed by atoms with E-state index < -0.39 is 23.2 Å². The molecule has 0 radical (unpaired) electrons. The molecule has 0 aromatic heterocycles. The molecule has 0 bridgehead atoms. The lowest BCUT2D eigenvalue weighted by Crippen LogP contribution is -2.47. The van der Waals surface area contributed by atoms with Crippen LogP contribution < -0.4 is 5.73 Å². The number of nitrogens with two attached hydrogens (primary N) is 1. The van der Waals surface area contributed by atoms with Crippen LogP contribution in [0, 0.1) is 11.6 Å². The smallest absolute Gasteiger partial charge is 0.163 e. The molecule has 4 heteroatoms. The zero-order valence-electron chi connectivity index (χ0n) is 10.1. The van der Waals surface area contributed by atoms with Crippen LogP contribution in [-0.4, -0.2) is 24.5 Å². The second-order valence-electron chi connectivity index (χ2n) is 4.67. The van der Waals surface area contributed by atoms with Crippen molar-refractivity contribution in [2.45, 2.75) is 25.4 Å². The summed E-state index contributed by atoms with van der Waals surface area (Å²) in [6.45, 7) is 3.78. The van der Waals surface area contributed by atoms with Crippen molar-refractivity contribution in [1.82, 2.24) is 4.90 Å². The Morgan fingerprint density at radius 2 is 1.81 bits per heavy atom. The van der Waals surface area contributed by atoms with E-state index in [-0.39, 0.29) is 5.56 Å². The fraction of sp³-hybridized carbons (Fsp3) is 0.500. The van der Waals surface area contributed by atoms with Crippen LogP contribution in [0.2, 0.25) is 0 Å². The van der Waals surface area contributed by atoms with Crippen LogP contribution in [0.4, 0.5) is 8.78 Å². The molecule has 0 fully saturated rings. The van der Waals surface area contributed by atoms with Gasteiger partial charge in [0, 0.05) is 11.1 Å². The third-order valence-electron chi connectivity index (χ3n) is 3.23. The molecule has 1 rings (SSSR count). The Bertz CT molecular complexity index is 375. The van der Waals surface area contributed by atoms with Crippen LogP contribution in [0.25, 0.3) is 0 Å². The second-order valence-corrected chi connectivity index (χ2v) is 4.67. The van der Waals surface area contributed by atoms with Gasteiger partial charge in [-0.25, -0.2) is 8.78 Å². The molecule has 0 aliphatic rings. The Hall–Kier alpha value is -1.00. The van der Waals surface area contributed by atoms with Crippen molar-refractivity contribution >= 4 is 0 Å². The standard InChI is InChI=1S/C12H18F2N2/c1-12(2,16(3)4)11(15)8-6-5-7-9(13)10(8)14/h5-7,11H,15H2,1-4H3. The molecule has 0 spiro atoms. The third kappa shape index (κ3) is 2.23. The molecule has 1 aromatic rings. The molecule has 0 amide bonds. The topological polar surface area (TPSA) is 29.3 Å². The molecule has 1 aromatic carbocycles. The van der Waals surface area contributed by atoms with Gasteiger partial charge in [0.2, 0.25) is 0 Å². The van der Waals surface area contributed by atoms with Gasteiger partial charge >= 0.3 is 0 Å². The highest BCUT2D eigenvalue weighted by Crippen LogP contribution is 2.29. The molecular weight excluding hydrogens is 210 g/mol. The predicted octanol–water partition coefficient (Wildman–Crippen LogP) is 2.30. The van der Waals surface area contributed by atoms with Gasteiger partial charge in [-0.1, -0.05) is 12.1 Å². The summed E-state index contributed by atoms with van der Waals surface area (Å²) in [5.41, 5.74) is 5.75. The normalized spacial score (nSPS) is 14.2. The Kier molecular flexibility index (Phi) is 3.65. The maximum atomic E-state index is 13.6. The highest BCUT2D eigenvalue weighted by Gasteiger charge is 2.32. The van der Waals surface area contributed by atoms with Crippen LogP contribution in [0.3, 0.4) is 0 Å². The van der Waals surface area contributed by atoms with Crippen molar-refractivity contribution in [1.29, 1.82) is 0 Å². The molecule has 16 heavy (non-hydrogen) atoms. The SMILES string of the molecule is CN(C)C(C)(C)C(N)c1cccc(F)c1F. The van der Waals surface area contributed by atoms with Crippen molar-refractivity contribution in [3.63, 3.8) is 0 Å². The Balaban J connectivity index is 3.15. The lowest BCUT2D eigenvalue weighted by molar-refractivity contribution is 0.156. The highest BCUT2D eigenvalue weighted by molar-refractivity contribution is 5.25. The number of likely N-dealkylation sites (N-methyl/N-ethyl adjacent to an activating group) is 1. The fourth-order valence-corrected chi connectivity index (χ4v) is 1.42. The van der Waals surface area contributed by atoms with Gasteiger partial charge in [-0.3, -0.25) is 0 Å². The van der Waals surface area contributed by atoms with E-state index in [1.807, 2.05) is 32.8 Å². The number of benzene rings is 1. The van der Waals surface area contributed by atoms with E-state index in [0.717, 1.165) is 6.07 Å².